The molecule has 0 fully saturated rings. The third kappa shape index (κ3) is 4.62. The van der Waals surface area contributed by atoms with Crippen molar-refractivity contribution in [2.24, 2.45) is 10.7 Å². The number of guanidine groups is 1. The van der Waals surface area contributed by atoms with Gasteiger partial charge in [-0.3, -0.25) is 4.57 Å². The van der Waals surface area contributed by atoms with Crippen LogP contribution in [0.25, 0.3) is 11.0 Å². The van der Waals surface area contributed by atoms with E-state index in [-0.39, 0.29) is 29.7 Å². The molecule has 0 atom stereocenters. The summed E-state index contributed by atoms with van der Waals surface area (Å²) in [5.74, 6) is 0.362. The lowest BCUT2D eigenvalue weighted by atomic mass is 10.3. The van der Waals surface area contributed by atoms with Crippen molar-refractivity contribution in [2.45, 2.75) is 13.5 Å². The van der Waals surface area contributed by atoms with E-state index in [0.29, 0.717) is 25.6 Å². The van der Waals surface area contributed by atoms with Crippen LogP contribution in [-0.2, 0) is 6.54 Å². The molecule has 2 aromatic rings. The zero-order valence-electron chi connectivity index (χ0n) is 11.9. The second-order valence-corrected chi connectivity index (χ2v) is 4.68. The van der Waals surface area contributed by atoms with Crippen molar-refractivity contribution in [1.29, 1.82) is 0 Å². The lowest BCUT2D eigenvalue weighted by Gasteiger charge is -2.06. The second-order valence-electron chi connectivity index (χ2n) is 4.68. The lowest BCUT2D eigenvalue weighted by Crippen LogP contribution is -2.35. The van der Waals surface area contributed by atoms with Gasteiger partial charge in [-0.2, -0.15) is 0 Å². The molecule has 7 heteroatoms. The number of H-pyrrole nitrogens is 1. The number of hydrogen-bond donors (Lipinski definition) is 3. The molecule has 0 saturated heterocycles. The van der Waals surface area contributed by atoms with Gasteiger partial charge in [0.2, 0.25) is 0 Å². The Morgan fingerprint density at radius 3 is 2.90 bits per heavy atom. The maximum atomic E-state index is 11.8. The van der Waals surface area contributed by atoms with Crippen LogP contribution in [0.3, 0.4) is 0 Å². The minimum absolute atomic E-state index is 0. The lowest BCUT2D eigenvalue weighted by molar-refractivity contribution is 0.667. The number of nitrogens with zero attached hydrogens (tertiary/aromatic N) is 2. The molecule has 0 aliphatic heterocycles. The molecule has 6 nitrogen and oxygen atoms in total. The van der Waals surface area contributed by atoms with Crippen LogP contribution in [0.5, 0.6) is 0 Å². The van der Waals surface area contributed by atoms with E-state index in [2.05, 4.69) is 21.9 Å². The minimum Gasteiger partial charge on any atom is -0.370 e. The molecule has 0 radical (unpaired) electrons. The number of aliphatic imine (C=N–C) groups is 1. The Morgan fingerprint density at radius 1 is 1.48 bits per heavy atom. The number of fused-ring (bicyclic) bond motifs is 1. The molecule has 0 aliphatic rings. The highest BCUT2D eigenvalue weighted by Crippen LogP contribution is 2.08. The summed E-state index contributed by atoms with van der Waals surface area (Å²) in [5, 5.41) is 2.98. The van der Waals surface area contributed by atoms with Crippen molar-refractivity contribution < 1.29 is 0 Å². The second kappa shape index (κ2) is 7.87. The van der Waals surface area contributed by atoms with E-state index in [9.17, 15) is 4.79 Å². The first-order valence-electron chi connectivity index (χ1n) is 6.43. The number of nitrogens with two attached hydrogens (primary N) is 1. The molecule has 1 aromatic heterocycles. The molecule has 0 aliphatic carbocycles. The van der Waals surface area contributed by atoms with Crippen LogP contribution in [-0.4, -0.2) is 28.6 Å². The monoisotopic (exact) mass is 401 g/mol. The zero-order chi connectivity index (χ0) is 14.5. The van der Waals surface area contributed by atoms with Crippen molar-refractivity contribution >= 4 is 41.0 Å². The van der Waals surface area contributed by atoms with Gasteiger partial charge in [0.25, 0.3) is 0 Å². The fourth-order valence-corrected chi connectivity index (χ4v) is 1.90. The summed E-state index contributed by atoms with van der Waals surface area (Å²) < 4.78 is 1.67. The number of imidazole rings is 1. The third-order valence-corrected chi connectivity index (χ3v) is 2.84. The molecule has 2 rings (SSSR count). The van der Waals surface area contributed by atoms with Gasteiger partial charge in [-0.1, -0.05) is 24.3 Å². The summed E-state index contributed by atoms with van der Waals surface area (Å²) >= 11 is 0. The highest BCUT2D eigenvalue weighted by atomic mass is 127. The van der Waals surface area contributed by atoms with E-state index in [1.54, 1.807) is 4.57 Å². The molecule has 0 saturated carbocycles. The first-order valence-corrected chi connectivity index (χ1v) is 6.43. The Morgan fingerprint density at radius 2 is 2.19 bits per heavy atom. The van der Waals surface area contributed by atoms with Crippen molar-refractivity contribution in [3.05, 3.63) is 46.9 Å². The Kier molecular flexibility index (Phi) is 6.47. The van der Waals surface area contributed by atoms with Gasteiger partial charge in [-0.25, -0.2) is 9.79 Å². The van der Waals surface area contributed by atoms with Crippen molar-refractivity contribution in [1.82, 2.24) is 14.9 Å². The first kappa shape index (κ1) is 17.3. The SMILES string of the molecule is C=C(C)CN=C(N)NCCn1c(=O)[nH]c2ccccc21.I. The number of rotatable bonds is 5. The minimum atomic E-state index is -0.120. The largest absolute Gasteiger partial charge is 0.370 e. The van der Waals surface area contributed by atoms with E-state index in [1.165, 1.54) is 0 Å². The maximum absolute atomic E-state index is 11.8. The third-order valence-electron chi connectivity index (χ3n) is 2.84. The summed E-state index contributed by atoms with van der Waals surface area (Å²) in [4.78, 5) is 18.8. The smallest absolute Gasteiger partial charge is 0.326 e. The van der Waals surface area contributed by atoms with E-state index in [0.717, 1.165) is 16.6 Å². The highest BCUT2D eigenvalue weighted by Gasteiger charge is 2.04. The molecule has 0 spiro atoms. The molecule has 0 amide bonds. The predicted octanol–water partition coefficient (Wildman–Crippen LogP) is 1.43. The quantitative estimate of drug-likeness (QED) is 0.307. The zero-order valence-corrected chi connectivity index (χ0v) is 14.3. The highest BCUT2D eigenvalue weighted by molar-refractivity contribution is 14.0. The van der Waals surface area contributed by atoms with Crippen molar-refractivity contribution in [2.75, 3.05) is 13.1 Å². The van der Waals surface area contributed by atoms with Gasteiger partial charge in [-0.05, 0) is 19.1 Å². The van der Waals surface area contributed by atoms with E-state index in [4.69, 9.17) is 5.73 Å². The maximum Gasteiger partial charge on any atom is 0.326 e. The first-order chi connectivity index (χ1) is 9.58. The molecule has 0 bridgehead atoms. The van der Waals surface area contributed by atoms with Gasteiger partial charge >= 0.3 is 5.69 Å². The van der Waals surface area contributed by atoms with Crippen molar-refractivity contribution in [3.8, 4) is 0 Å². The number of para-hydroxylation sites is 2. The standard InChI is InChI=1S/C14H19N5O.HI/c1-10(2)9-17-13(15)16-7-8-19-12-6-4-3-5-11(12)18-14(19)20;/h3-6H,1,7-9H2,2H3,(H,18,20)(H3,15,16,17);1H. The van der Waals surface area contributed by atoms with Crippen LogP contribution in [0.4, 0.5) is 0 Å². The summed E-state index contributed by atoms with van der Waals surface area (Å²) in [7, 11) is 0. The Hall–Kier alpha value is -1.77. The molecular formula is C14H20IN5O. The molecule has 0 unspecified atom stereocenters. The molecular weight excluding hydrogens is 381 g/mol. The van der Waals surface area contributed by atoms with E-state index < -0.39 is 0 Å². The van der Waals surface area contributed by atoms with Crippen LogP contribution >= 0.6 is 24.0 Å². The fourth-order valence-electron chi connectivity index (χ4n) is 1.90. The summed E-state index contributed by atoms with van der Waals surface area (Å²) in [6.07, 6.45) is 0. The number of hydrogen-bond acceptors (Lipinski definition) is 2. The number of benzene rings is 1. The summed E-state index contributed by atoms with van der Waals surface area (Å²) in [6, 6.07) is 7.58. The van der Waals surface area contributed by atoms with Gasteiger partial charge < -0.3 is 16.0 Å². The number of nitrogens with one attached hydrogen (secondary N) is 2. The van der Waals surface area contributed by atoms with Crippen LogP contribution in [0, 0.1) is 0 Å². The average Bonchev–Trinajstić information content (AvgIpc) is 2.73. The van der Waals surface area contributed by atoms with E-state index in [1.807, 2.05) is 31.2 Å². The Labute approximate surface area is 140 Å². The van der Waals surface area contributed by atoms with Crippen LogP contribution in [0.2, 0.25) is 0 Å². The van der Waals surface area contributed by atoms with Gasteiger partial charge in [0.1, 0.15) is 0 Å². The number of halogens is 1. The predicted molar refractivity (Wildman–Crippen MR) is 97.3 cm³/mol. The summed E-state index contributed by atoms with van der Waals surface area (Å²) in [6.45, 7) is 7.21. The van der Waals surface area contributed by atoms with Gasteiger partial charge in [0.05, 0.1) is 17.6 Å². The number of aromatic amines is 1. The van der Waals surface area contributed by atoms with Crippen molar-refractivity contribution in [3.63, 3.8) is 0 Å². The van der Waals surface area contributed by atoms with Crippen LogP contribution in [0.15, 0.2) is 46.2 Å². The Bertz CT molecular complexity index is 701. The number of aromatic nitrogens is 2. The fraction of sp³-hybridized carbons (Fsp3) is 0.286. The van der Waals surface area contributed by atoms with Gasteiger partial charge in [0, 0.05) is 13.1 Å². The topological polar surface area (TPSA) is 88.2 Å². The molecule has 114 valence electrons. The van der Waals surface area contributed by atoms with Crippen LogP contribution in [0.1, 0.15) is 6.92 Å². The van der Waals surface area contributed by atoms with Crippen LogP contribution < -0.4 is 16.7 Å². The summed E-state index contributed by atoms with van der Waals surface area (Å²) in [5.41, 5.74) is 8.26. The van der Waals surface area contributed by atoms with E-state index >= 15 is 0 Å². The molecule has 1 heterocycles. The molecule has 21 heavy (non-hydrogen) atoms. The Balaban J connectivity index is 0.00000220. The average molecular weight is 401 g/mol. The molecule has 4 N–H and O–H groups in total. The molecule has 1 aromatic carbocycles. The van der Waals surface area contributed by atoms with Gasteiger partial charge in [0.15, 0.2) is 5.96 Å². The normalized spacial score (nSPS) is 11.2. The van der Waals surface area contributed by atoms with Gasteiger partial charge in [-0.15, -0.1) is 24.0 Å².